The quantitative estimate of drug-likeness (QED) is 0.664. The SMILES string of the molecule is CN1CC(=O)N(C2CCCC2)c2nc(Nc3ccc(N4CCN(CC(=O)O)CC4)cc3)ncc21. The molecule has 1 aromatic heterocycles. The van der Waals surface area contributed by atoms with Gasteiger partial charge in [-0.25, -0.2) is 4.98 Å². The number of rotatable bonds is 6. The number of amides is 1. The third kappa shape index (κ3) is 4.63. The minimum absolute atomic E-state index is 0.0943. The Hall–Kier alpha value is -3.40. The number of piperazine rings is 1. The third-order valence-corrected chi connectivity index (χ3v) is 6.94. The molecule has 0 spiro atoms. The predicted molar refractivity (Wildman–Crippen MR) is 131 cm³/mol. The first-order valence-electron chi connectivity index (χ1n) is 11.9. The van der Waals surface area contributed by atoms with E-state index in [1.807, 2.05) is 33.9 Å². The van der Waals surface area contributed by atoms with E-state index < -0.39 is 5.97 Å². The first-order chi connectivity index (χ1) is 16.5. The van der Waals surface area contributed by atoms with Crippen molar-refractivity contribution in [2.45, 2.75) is 31.7 Å². The lowest BCUT2D eigenvalue weighted by Crippen LogP contribution is -2.49. The Bertz CT molecular complexity index is 1050. The maximum atomic E-state index is 12.9. The lowest BCUT2D eigenvalue weighted by molar-refractivity contribution is -0.138. The third-order valence-electron chi connectivity index (χ3n) is 6.94. The van der Waals surface area contributed by atoms with Gasteiger partial charge in [0.15, 0.2) is 5.82 Å². The van der Waals surface area contributed by atoms with E-state index in [0.29, 0.717) is 18.3 Å². The highest BCUT2D eigenvalue weighted by Gasteiger charge is 2.35. The molecule has 180 valence electrons. The number of aliphatic carboxylic acids is 1. The van der Waals surface area contributed by atoms with Gasteiger partial charge in [-0.15, -0.1) is 0 Å². The number of likely N-dealkylation sites (N-methyl/N-ethyl adjacent to an activating group) is 1. The van der Waals surface area contributed by atoms with Crippen LogP contribution in [0.2, 0.25) is 0 Å². The van der Waals surface area contributed by atoms with Gasteiger partial charge in [0.25, 0.3) is 0 Å². The fourth-order valence-electron chi connectivity index (χ4n) is 5.13. The van der Waals surface area contributed by atoms with Gasteiger partial charge in [0.05, 0.1) is 25.0 Å². The van der Waals surface area contributed by atoms with Gasteiger partial charge in [-0.2, -0.15) is 4.98 Å². The number of anilines is 5. The van der Waals surface area contributed by atoms with Gasteiger partial charge < -0.3 is 20.2 Å². The molecule has 0 unspecified atom stereocenters. The summed E-state index contributed by atoms with van der Waals surface area (Å²) < 4.78 is 0. The van der Waals surface area contributed by atoms with Gasteiger partial charge in [-0.3, -0.25) is 19.4 Å². The number of carboxylic acid groups (broad SMARTS) is 1. The Morgan fingerprint density at radius 1 is 1.12 bits per heavy atom. The molecule has 10 nitrogen and oxygen atoms in total. The van der Waals surface area contributed by atoms with Crippen molar-refractivity contribution >= 4 is 40.7 Å². The van der Waals surface area contributed by atoms with Crippen molar-refractivity contribution in [3.05, 3.63) is 30.5 Å². The average molecular weight is 466 g/mol. The van der Waals surface area contributed by atoms with Gasteiger partial charge in [0.1, 0.15) is 0 Å². The summed E-state index contributed by atoms with van der Waals surface area (Å²) in [5, 5.41) is 12.3. The van der Waals surface area contributed by atoms with E-state index in [-0.39, 0.29) is 18.5 Å². The molecule has 34 heavy (non-hydrogen) atoms. The highest BCUT2D eigenvalue weighted by molar-refractivity contribution is 6.02. The molecule has 2 fully saturated rings. The number of aromatic nitrogens is 2. The molecule has 2 aromatic rings. The molecule has 1 aromatic carbocycles. The predicted octanol–water partition coefficient (Wildman–Crippen LogP) is 2.15. The monoisotopic (exact) mass is 465 g/mol. The van der Waals surface area contributed by atoms with Crippen LogP contribution in [0.25, 0.3) is 0 Å². The summed E-state index contributed by atoms with van der Waals surface area (Å²) in [6.07, 6.45) is 6.14. The topological polar surface area (TPSA) is 105 Å². The van der Waals surface area contributed by atoms with Gasteiger partial charge >= 0.3 is 5.97 Å². The molecule has 1 saturated heterocycles. The summed E-state index contributed by atoms with van der Waals surface area (Å²) in [6, 6.07) is 8.31. The van der Waals surface area contributed by atoms with Crippen molar-refractivity contribution < 1.29 is 14.7 Å². The Balaban J connectivity index is 1.28. The summed E-state index contributed by atoms with van der Waals surface area (Å²) >= 11 is 0. The number of benzene rings is 1. The highest BCUT2D eigenvalue weighted by atomic mass is 16.4. The lowest BCUT2D eigenvalue weighted by atomic mass is 10.1. The molecular formula is C24H31N7O3. The van der Waals surface area contributed by atoms with Crippen molar-refractivity contribution in [1.29, 1.82) is 0 Å². The lowest BCUT2D eigenvalue weighted by Gasteiger charge is -2.37. The summed E-state index contributed by atoms with van der Waals surface area (Å²) in [4.78, 5) is 41.0. The first-order valence-corrected chi connectivity index (χ1v) is 11.9. The minimum atomic E-state index is -0.782. The number of nitrogens with one attached hydrogen (secondary N) is 1. The standard InChI is InChI=1S/C24H31N7O3/c1-28-15-21(32)31(19-4-2-3-5-19)23-20(28)14-25-24(27-23)26-17-6-8-18(9-7-17)30-12-10-29(11-13-30)16-22(33)34/h6-9,14,19H,2-5,10-13,15-16H2,1H3,(H,33,34)(H,25,26,27). The van der Waals surface area contributed by atoms with Crippen LogP contribution in [0.3, 0.4) is 0 Å². The number of carbonyl (C=O) groups excluding carboxylic acids is 1. The average Bonchev–Trinajstić information content (AvgIpc) is 3.34. The number of carboxylic acids is 1. The molecule has 5 rings (SSSR count). The zero-order valence-electron chi connectivity index (χ0n) is 19.5. The molecule has 3 aliphatic rings. The van der Waals surface area contributed by atoms with Crippen LogP contribution < -0.4 is 20.0 Å². The number of nitrogens with zero attached hydrogens (tertiary/aromatic N) is 6. The Kier molecular flexibility index (Phi) is 6.23. The molecule has 1 saturated carbocycles. The molecule has 10 heteroatoms. The van der Waals surface area contributed by atoms with Crippen LogP contribution in [0, 0.1) is 0 Å². The second-order valence-electron chi connectivity index (χ2n) is 9.29. The number of fused-ring (bicyclic) bond motifs is 1. The second-order valence-corrected chi connectivity index (χ2v) is 9.29. The van der Waals surface area contributed by atoms with E-state index in [1.165, 1.54) is 0 Å². The number of carbonyl (C=O) groups is 2. The van der Waals surface area contributed by atoms with E-state index in [2.05, 4.69) is 27.3 Å². The van der Waals surface area contributed by atoms with Gasteiger partial charge in [-0.1, -0.05) is 12.8 Å². The fourth-order valence-corrected chi connectivity index (χ4v) is 5.13. The molecule has 0 bridgehead atoms. The zero-order valence-corrected chi connectivity index (χ0v) is 19.5. The summed E-state index contributed by atoms with van der Waals surface area (Å²) in [5.74, 6) is 0.480. The van der Waals surface area contributed by atoms with Crippen LogP contribution in [-0.4, -0.2) is 84.2 Å². The summed E-state index contributed by atoms with van der Waals surface area (Å²) in [5.41, 5.74) is 2.86. The van der Waals surface area contributed by atoms with Crippen LogP contribution in [0.5, 0.6) is 0 Å². The van der Waals surface area contributed by atoms with Crippen molar-refractivity contribution in [2.24, 2.45) is 0 Å². The second kappa shape index (κ2) is 9.46. The van der Waals surface area contributed by atoms with E-state index >= 15 is 0 Å². The minimum Gasteiger partial charge on any atom is -0.480 e. The van der Waals surface area contributed by atoms with Crippen LogP contribution in [0.15, 0.2) is 30.5 Å². The molecular weight excluding hydrogens is 434 g/mol. The van der Waals surface area contributed by atoms with Crippen molar-refractivity contribution in [3.8, 4) is 0 Å². The maximum absolute atomic E-state index is 12.9. The Morgan fingerprint density at radius 2 is 1.82 bits per heavy atom. The van der Waals surface area contributed by atoms with Gasteiger partial charge in [-0.05, 0) is 37.1 Å². The first kappa shape index (κ1) is 22.4. The Labute approximate surface area is 199 Å². The van der Waals surface area contributed by atoms with Crippen LogP contribution in [0.1, 0.15) is 25.7 Å². The van der Waals surface area contributed by atoms with Crippen molar-refractivity contribution in [3.63, 3.8) is 0 Å². The molecule has 2 N–H and O–H groups in total. The molecule has 0 radical (unpaired) electrons. The molecule has 1 aliphatic carbocycles. The number of hydrogen-bond acceptors (Lipinski definition) is 8. The van der Waals surface area contributed by atoms with Gasteiger partial charge in [0.2, 0.25) is 11.9 Å². The summed E-state index contributed by atoms with van der Waals surface area (Å²) in [6.45, 7) is 3.52. The smallest absolute Gasteiger partial charge is 0.317 e. The maximum Gasteiger partial charge on any atom is 0.317 e. The zero-order chi connectivity index (χ0) is 23.7. The number of hydrogen-bond donors (Lipinski definition) is 2. The fraction of sp³-hybridized carbons (Fsp3) is 0.500. The molecule has 1 amide bonds. The van der Waals surface area contributed by atoms with Crippen LogP contribution in [0.4, 0.5) is 28.8 Å². The largest absolute Gasteiger partial charge is 0.480 e. The normalized spacial score (nSPS) is 19.4. The van der Waals surface area contributed by atoms with Gasteiger partial charge in [0, 0.05) is 50.6 Å². The molecule has 2 aliphatic heterocycles. The van der Waals surface area contributed by atoms with Crippen LogP contribution >= 0.6 is 0 Å². The van der Waals surface area contributed by atoms with E-state index in [4.69, 9.17) is 10.1 Å². The molecule has 0 atom stereocenters. The van der Waals surface area contributed by atoms with Crippen LogP contribution in [-0.2, 0) is 9.59 Å². The van der Waals surface area contributed by atoms with E-state index in [1.54, 1.807) is 6.20 Å². The Morgan fingerprint density at radius 3 is 2.50 bits per heavy atom. The van der Waals surface area contributed by atoms with Crippen molar-refractivity contribution in [1.82, 2.24) is 14.9 Å². The summed E-state index contributed by atoms with van der Waals surface area (Å²) in [7, 11) is 1.90. The molecule has 3 heterocycles. The highest BCUT2D eigenvalue weighted by Crippen LogP contribution is 2.36. The van der Waals surface area contributed by atoms with E-state index in [0.717, 1.165) is 68.9 Å². The van der Waals surface area contributed by atoms with Crippen molar-refractivity contribution in [2.75, 3.05) is 66.3 Å². The van der Waals surface area contributed by atoms with E-state index in [9.17, 15) is 9.59 Å².